The Hall–Kier alpha value is -4.37. The molecule has 0 spiro atoms. The van der Waals surface area contributed by atoms with Gasteiger partial charge in [0.25, 0.3) is 5.90 Å². The van der Waals surface area contributed by atoms with E-state index in [2.05, 4.69) is 15.3 Å². The molecule has 0 radical (unpaired) electrons. The van der Waals surface area contributed by atoms with Gasteiger partial charge in [0.05, 0.1) is 12.8 Å². The zero-order valence-electron chi connectivity index (χ0n) is 23.1. The minimum Gasteiger partial charge on any atom is -0.477 e. The lowest BCUT2D eigenvalue weighted by Gasteiger charge is -2.16. The molecule has 3 rings (SSSR count). The number of hydrogen-bond donors (Lipinski definition) is 5. The van der Waals surface area contributed by atoms with Crippen molar-refractivity contribution in [2.45, 2.75) is 40.7 Å². The van der Waals surface area contributed by atoms with E-state index in [0.717, 1.165) is 27.8 Å². The summed E-state index contributed by atoms with van der Waals surface area (Å²) in [6, 6.07) is 15.2. The number of carbonyl (C=O) groups excluding carboxylic acids is 1. The number of benzene rings is 2. The molecule has 0 aliphatic heterocycles. The molecular formula is C30H36N6O3. The molecule has 204 valence electrons. The zero-order chi connectivity index (χ0) is 28.7. The number of ether oxygens (including phenoxy) is 1. The van der Waals surface area contributed by atoms with Crippen molar-refractivity contribution in [2.24, 2.45) is 10.4 Å². The number of nitrogen functional groups attached to an aromatic ring is 1. The molecule has 1 amide bonds. The van der Waals surface area contributed by atoms with E-state index in [9.17, 15) is 4.79 Å². The first-order chi connectivity index (χ1) is 18.4. The van der Waals surface area contributed by atoms with Crippen molar-refractivity contribution in [2.75, 3.05) is 19.5 Å². The van der Waals surface area contributed by atoms with Crippen molar-refractivity contribution >= 4 is 29.2 Å². The van der Waals surface area contributed by atoms with Gasteiger partial charge in [-0.15, -0.1) is 0 Å². The van der Waals surface area contributed by atoms with Crippen molar-refractivity contribution in [3.8, 4) is 11.1 Å². The second kappa shape index (κ2) is 12.4. The molecule has 0 aliphatic carbocycles. The second-order valence-corrected chi connectivity index (χ2v) is 10.2. The Morgan fingerprint density at radius 1 is 1.10 bits per heavy atom. The first-order valence-corrected chi connectivity index (χ1v) is 12.6. The summed E-state index contributed by atoms with van der Waals surface area (Å²) in [7, 11) is 1.35. The van der Waals surface area contributed by atoms with Gasteiger partial charge < -0.3 is 20.9 Å². The van der Waals surface area contributed by atoms with Crippen molar-refractivity contribution in [3.05, 3.63) is 82.5 Å². The number of pyridine rings is 1. The number of aliphatic hydroxyl groups is 1. The van der Waals surface area contributed by atoms with E-state index >= 15 is 0 Å². The number of aromatic nitrogens is 1. The molecule has 0 fully saturated rings. The summed E-state index contributed by atoms with van der Waals surface area (Å²) in [5.74, 6) is -0.369. The number of aryl methyl sites for hydroxylation is 1. The van der Waals surface area contributed by atoms with Crippen LogP contribution in [0.2, 0.25) is 0 Å². The molecule has 9 nitrogen and oxygen atoms in total. The number of aliphatic hydroxyl groups excluding tert-OH is 1. The van der Waals surface area contributed by atoms with E-state index in [-0.39, 0.29) is 36.4 Å². The molecule has 3 aromatic rings. The molecule has 0 unspecified atom stereocenters. The third kappa shape index (κ3) is 7.36. The fourth-order valence-electron chi connectivity index (χ4n) is 3.74. The number of nitrogens with zero attached hydrogens (tertiary/aromatic N) is 2. The average Bonchev–Trinajstić information content (AvgIpc) is 2.90. The smallest absolute Gasteiger partial charge is 0.307 e. The number of amidine groups is 1. The summed E-state index contributed by atoms with van der Waals surface area (Å²) in [6.45, 7) is 7.75. The molecule has 0 saturated carbocycles. The highest BCUT2D eigenvalue weighted by molar-refractivity contribution is 6.37. The molecule has 39 heavy (non-hydrogen) atoms. The van der Waals surface area contributed by atoms with Crippen LogP contribution in [0.4, 0.5) is 5.82 Å². The van der Waals surface area contributed by atoms with Gasteiger partial charge >= 0.3 is 5.91 Å². The third-order valence-corrected chi connectivity index (χ3v) is 6.26. The quantitative estimate of drug-likeness (QED) is 0.228. The van der Waals surface area contributed by atoms with Gasteiger partial charge in [0.2, 0.25) is 0 Å². The van der Waals surface area contributed by atoms with E-state index in [4.69, 9.17) is 26.4 Å². The van der Waals surface area contributed by atoms with Crippen LogP contribution in [0.1, 0.15) is 48.6 Å². The summed E-state index contributed by atoms with van der Waals surface area (Å²) in [6.07, 6.45) is 2.28. The monoisotopic (exact) mass is 528 g/mol. The Morgan fingerprint density at radius 2 is 1.79 bits per heavy atom. The summed E-state index contributed by atoms with van der Waals surface area (Å²) in [4.78, 5) is 20.9. The second-order valence-electron chi connectivity index (χ2n) is 10.2. The van der Waals surface area contributed by atoms with Crippen LogP contribution in [0.3, 0.4) is 0 Å². The molecule has 0 bridgehead atoms. The van der Waals surface area contributed by atoms with Gasteiger partial charge in [0.15, 0.2) is 0 Å². The Balaban J connectivity index is 1.76. The van der Waals surface area contributed by atoms with Crippen LogP contribution in [0, 0.1) is 23.2 Å². The summed E-state index contributed by atoms with van der Waals surface area (Å²) in [5, 5.41) is 28.8. The van der Waals surface area contributed by atoms with E-state index < -0.39 is 11.3 Å². The minimum atomic E-state index is -0.511. The fourth-order valence-corrected chi connectivity index (χ4v) is 3.74. The van der Waals surface area contributed by atoms with Gasteiger partial charge in [-0.2, -0.15) is 4.99 Å². The number of nitrogens with two attached hydrogens (primary N) is 1. The third-order valence-electron chi connectivity index (χ3n) is 6.26. The van der Waals surface area contributed by atoms with Gasteiger partial charge in [-0.25, -0.2) is 4.98 Å². The molecule has 0 aliphatic rings. The number of amides is 1. The van der Waals surface area contributed by atoms with Gasteiger partial charge in [0, 0.05) is 41.5 Å². The molecule has 1 heterocycles. The maximum Gasteiger partial charge on any atom is 0.307 e. The van der Waals surface area contributed by atoms with Crippen molar-refractivity contribution in [3.63, 3.8) is 0 Å². The van der Waals surface area contributed by atoms with Crippen LogP contribution < -0.4 is 11.1 Å². The number of nitrogens with one attached hydrogen (secondary N) is 3. The normalized spacial score (nSPS) is 11.7. The van der Waals surface area contributed by atoms with Crippen LogP contribution in [-0.2, 0) is 22.5 Å². The SMILES string of the molecule is CO/C(=N\C(=N)C(C)(C)C)C(=O)NCc1ccc(C(=N)c2cc(-c3ccc(CCO)cc3)cnc2N)cc1C. The number of methoxy groups -OCH3 is 1. The lowest BCUT2D eigenvalue weighted by molar-refractivity contribution is -0.116. The minimum absolute atomic E-state index is 0.0464. The zero-order valence-corrected chi connectivity index (χ0v) is 23.1. The van der Waals surface area contributed by atoms with E-state index in [0.29, 0.717) is 17.5 Å². The highest BCUT2D eigenvalue weighted by atomic mass is 16.5. The maximum absolute atomic E-state index is 12.6. The van der Waals surface area contributed by atoms with Crippen molar-refractivity contribution in [1.29, 1.82) is 10.8 Å². The highest BCUT2D eigenvalue weighted by Crippen LogP contribution is 2.25. The summed E-state index contributed by atoms with van der Waals surface area (Å²) >= 11 is 0. The van der Waals surface area contributed by atoms with Gasteiger partial charge in [-0.05, 0) is 47.7 Å². The van der Waals surface area contributed by atoms with E-state index in [1.54, 1.807) is 6.20 Å². The van der Waals surface area contributed by atoms with Crippen LogP contribution in [0.5, 0.6) is 0 Å². The summed E-state index contributed by atoms with van der Waals surface area (Å²) < 4.78 is 5.11. The Bertz CT molecular complexity index is 1410. The Labute approximate surface area is 229 Å². The number of rotatable bonds is 7. The Morgan fingerprint density at radius 3 is 2.38 bits per heavy atom. The molecule has 1 aromatic heterocycles. The molecule has 9 heteroatoms. The van der Waals surface area contributed by atoms with Crippen molar-refractivity contribution < 1.29 is 14.6 Å². The van der Waals surface area contributed by atoms with Crippen LogP contribution in [0.15, 0.2) is 59.7 Å². The Kier molecular flexibility index (Phi) is 9.32. The molecule has 0 saturated heterocycles. The predicted octanol–water partition coefficient (Wildman–Crippen LogP) is 4.27. The lowest BCUT2D eigenvalue weighted by Crippen LogP contribution is -2.33. The lowest BCUT2D eigenvalue weighted by atomic mass is 9.95. The molecule has 2 aromatic carbocycles. The summed E-state index contributed by atoms with van der Waals surface area (Å²) in [5.41, 5.74) is 11.7. The number of hydrogen-bond acceptors (Lipinski definition) is 7. The van der Waals surface area contributed by atoms with Gasteiger partial charge in [-0.3, -0.25) is 15.6 Å². The molecule has 6 N–H and O–H groups in total. The number of aliphatic imine (C=N–C) groups is 1. The fraction of sp³-hybridized carbons (Fsp3) is 0.300. The number of anilines is 1. The van der Waals surface area contributed by atoms with E-state index in [1.807, 2.05) is 76.2 Å². The predicted molar refractivity (Wildman–Crippen MR) is 155 cm³/mol. The highest BCUT2D eigenvalue weighted by Gasteiger charge is 2.21. The maximum atomic E-state index is 12.6. The first-order valence-electron chi connectivity index (χ1n) is 12.6. The topological polar surface area (TPSA) is 158 Å². The van der Waals surface area contributed by atoms with Crippen LogP contribution >= 0.6 is 0 Å². The standard InChI is InChI=1S/C30H36N6O3/c1-18-14-21(10-11-22(18)16-35-27(38)28(39-5)36-29(33)30(2,3)4)25(31)24-15-23(17-34-26(24)32)20-8-6-19(7-9-20)12-13-37/h6-11,14-15,17,31,33,37H,12-13,16H2,1-5H3,(H2,32,34)(H,35,38)/b31-25?,33-29?,36-28-. The molecular weight excluding hydrogens is 492 g/mol. The van der Waals surface area contributed by atoms with Gasteiger partial charge in [-0.1, -0.05) is 57.2 Å². The average molecular weight is 529 g/mol. The first kappa shape index (κ1) is 29.2. The van der Waals surface area contributed by atoms with E-state index in [1.165, 1.54) is 7.11 Å². The van der Waals surface area contributed by atoms with Gasteiger partial charge in [0.1, 0.15) is 11.7 Å². The molecule has 0 atom stereocenters. The number of carbonyl (C=O) groups is 1. The van der Waals surface area contributed by atoms with Crippen LogP contribution in [-0.4, -0.2) is 47.2 Å². The van der Waals surface area contributed by atoms with Crippen molar-refractivity contribution in [1.82, 2.24) is 10.3 Å². The largest absolute Gasteiger partial charge is 0.477 e. The van der Waals surface area contributed by atoms with Crippen LogP contribution in [0.25, 0.3) is 11.1 Å².